The maximum Gasteiger partial charge on any atom is 0.164 e. The van der Waals surface area contributed by atoms with Crippen LogP contribution >= 0.6 is 0 Å². The molecule has 7 aromatic carbocycles. The van der Waals surface area contributed by atoms with Crippen LogP contribution in [0.5, 0.6) is 0 Å². The second-order valence-corrected chi connectivity index (χ2v) is 13.6. The van der Waals surface area contributed by atoms with Crippen molar-refractivity contribution in [1.82, 2.24) is 15.0 Å². The van der Waals surface area contributed by atoms with E-state index in [1.165, 1.54) is 33.0 Å². The minimum atomic E-state index is 0.446. The highest BCUT2D eigenvalue weighted by atomic mass is 16.3. The predicted octanol–water partition coefficient (Wildman–Crippen LogP) is 12.8. The van der Waals surface area contributed by atoms with Gasteiger partial charge in [-0.05, 0) is 80.8 Å². The third-order valence-electron chi connectivity index (χ3n) is 10.4. The number of benzene rings is 7. The van der Waals surface area contributed by atoms with Gasteiger partial charge in [-0.2, -0.15) is 0 Å². The fourth-order valence-electron chi connectivity index (χ4n) is 7.81. The summed E-state index contributed by atoms with van der Waals surface area (Å²) in [6.45, 7) is 2.34. The van der Waals surface area contributed by atoms with Crippen molar-refractivity contribution in [2.75, 3.05) is 0 Å². The summed E-state index contributed by atoms with van der Waals surface area (Å²) < 4.78 is 6.51. The molecule has 0 bridgehead atoms. The zero-order valence-electron chi connectivity index (χ0n) is 28.6. The Bertz CT molecular complexity index is 2820. The minimum Gasteiger partial charge on any atom is -0.456 e. The van der Waals surface area contributed by atoms with E-state index in [9.17, 15) is 0 Å². The summed E-state index contributed by atoms with van der Waals surface area (Å²) in [6.07, 6.45) is 5.67. The second kappa shape index (κ2) is 12.3. The fourth-order valence-corrected chi connectivity index (χ4v) is 7.81. The molecule has 4 nitrogen and oxygen atoms in total. The summed E-state index contributed by atoms with van der Waals surface area (Å²) in [7, 11) is 0. The van der Waals surface area contributed by atoms with Crippen LogP contribution in [0.3, 0.4) is 0 Å². The molecule has 10 rings (SSSR count). The molecule has 2 heterocycles. The molecule has 1 aliphatic rings. The highest BCUT2D eigenvalue weighted by Crippen LogP contribution is 2.43. The van der Waals surface area contributed by atoms with Crippen molar-refractivity contribution in [3.05, 3.63) is 169 Å². The molecule has 1 atom stereocenters. The standard InChI is InChI=1S/C48H33N3O/c1-30-12-10-19-38-40(28-35-17-8-9-18-37(35)44(30)38)36-26-27-42-41(29-36)45-39(20-11-21-43(45)52-42)48-50-46(33-15-6-3-7-16-33)49-47(51-48)34-24-22-32(23-25-34)31-13-4-2-5-14-31/h2-11,13-30H,12H2,1H3. The van der Waals surface area contributed by atoms with Crippen LogP contribution in [-0.4, -0.2) is 15.0 Å². The van der Waals surface area contributed by atoms with Gasteiger partial charge >= 0.3 is 0 Å². The zero-order chi connectivity index (χ0) is 34.6. The van der Waals surface area contributed by atoms with E-state index < -0.39 is 0 Å². The van der Waals surface area contributed by atoms with Crippen molar-refractivity contribution in [3.63, 3.8) is 0 Å². The largest absolute Gasteiger partial charge is 0.456 e. The molecule has 0 radical (unpaired) electrons. The van der Waals surface area contributed by atoms with Gasteiger partial charge in [-0.25, -0.2) is 15.0 Å². The molecule has 2 aromatic heterocycles. The molecule has 0 N–H and O–H groups in total. The Morgan fingerprint density at radius 3 is 1.92 bits per heavy atom. The van der Waals surface area contributed by atoms with Gasteiger partial charge in [-0.15, -0.1) is 0 Å². The maximum atomic E-state index is 6.51. The Morgan fingerprint density at radius 1 is 0.500 bits per heavy atom. The van der Waals surface area contributed by atoms with E-state index in [1.54, 1.807) is 0 Å². The Kier molecular flexibility index (Phi) is 7.14. The highest BCUT2D eigenvalue weighted by Gasteiger charge is 2.22. The number of hydrogen-bond acceptors (Lipinski definition) is 4. The van der Waals surface area contributed by atoms with Gasteiger partial charge in [0, 0.05) is 27.5 Å². The fraction of sp³-hybridized carbons (Fsp3) is 0.0625. The van der Waals surface area contributed by atoms with Crippen LogP contribution in [0.15, 0.2) is 162 Å². The first-order chi connectivity index (χ1) is 25.7. The lowest BCUT2D eigenvalue weighted by molar-refractivity contribution is 0.669. The van der Waals surface area contributed by atoms with Gasteiger partial charge < -0.3 is 4.42 Å². The summed E-state index contributed by atoms with van der Waals surface area (Å²) in [5, 5.41) is 4.63. The number of nitrogens with zero attached hydrogens (tertiary/aromatic N) is 3. The molecule has 52 heavy (non-hydrogen) atoms. The number of rotatable bonds is 5. The molecule has 246 valence electrons. The molecule has 0 spiro atoms. The molecular formula is C48H33N3O. The molecule has 0 saturated heterocycles. The third kappa shape index (κ3) is 5.11. The SMILES string of the molecule is CC1CC=Cc2c(-c3ccc4oc5cccc(-c6nc(-c7ccccc7)nc(-c7ccc(-c8ccccc8)cc7)n6)c5c4c3)cc3ccccc3c21. The van der Waals surface area contributed by atoms with Gasteiger partial charge in [0.25, 0.3) is 0 Å². The summed E-state index contributed by atoms with van der Waals surface area (Å²) >= 11 is 0. The number of aromatic nitrogens is 3. The number of furan rings is 1. The van der Waals surface area contributed by atoms with E-state index in [1.807, 2.05) is 48.5 Å². The van der Waals surface area contributed by atoms with Crippen LogP contribution in [-0.2, 0) is 0 Å². The number of fused-ring (bicyclic) bond motifs is 6. The number of allylic oxidation sites excluding steroid dienone is 1. The highest BCUT2D eigenvalue weighted by molar-refractivity contribution is 6.13. The van der Waals surface area contributed by atoms with E-state index in [2.05, 4.69) is 122 Å². The topological polar surface area (TPSA) is 51.8 Å². The normalized spacial score (nSPS) is 13.9. The molecule has 1 aliphatic carbocycles. The van der Waals surface area contributed by atoms with E-state index in [4.69, 9.17) is 19.4 Å². The van der Waals surface area contributed by atoms with Crippen LogP contribution in [0.4, 0.5) is 0 Å². The van der Waals surface area contributed by atoms with Gasteiger partial charge in [0.15, 0.2) is 17.5 Å². The minimum absolute atomic E-state index is 0.446. The monoisotopic (exact) mass is 667 g/mol. The first-order valence-corrected chi connectivity index (χ1v) is 17.8. The molecule has 0 saturated carbocycles. The maximum absolute atomic E-state index is 6.51. The lowest BCUT2D eigenvalue weighted by atomic mass is 9.80. The average Bonchev–Trinajstić information content (AvgIpc) is 3.59. The van der Waals surface area contributed by atoms with Crippen molar-refractivity contribution < 1.29 is 4.42 Å². The number of hydrogen-bond donors (Lipinski definition) is 0. The quantitative estimate of drug-likeness (QED) is 0.183. The predicted molar refractivity (Wildman–Crippen MR) is 214 cm³/mol. The zero-order valence-corrected chi connectivity index (χ0v) is 28.6. The van der Waals surface area contributed by atoms with Crippen LogP contribution in [0.25, 0.3) is 95.2 Å². The van der Waals surface area contributed by atoms with Crippen LogP contribution in [0.2, 0.25) is 0 Å². The Morgan fingerprint density at radius 2 is 1.13 bits per heavy atom. The van der Waals surface area contributed by atoms with Crippen molar-refractivity contribution >= 4 is 38.8 Å². The van der Waals surface area contributed by atoms with Crippen LogP contribution in [0.1, 0.15) is 30.4 Å². The molecule has 4 heteroatoms. The first-order valence-electron chi connectivity index (χ1n) is 17.8. The van der Waals surface area contributed by atoms with Gasteiger partial charge in [-0.3, -0.25) is 0 Å². The lowest BCUT2D eigenvalue weighted by Crippen LogP contribution is -2.03. The molecular weight excluding hydrogens is 635 g/mol. The summed E-state index contributed by atoms with van der Waals surface area (Å²) in [6, 6.07) is 52.8. The van der Waals surface area contributed by atoms with E-state index >= 15 is 0 Å². The molecule has 0 aliphatic heterocycles. The lowest BCUT2D eigenvalue weighted by Gasteiger charge is -2.23. The average molecular weight is 668 g/mol. The van der Waals surface area contributed by atoms with E-state index in [0.29, 0.717) is 23.4 Å². The summed E-state index contributed by atoms with van der Waals surface area (Å²) in [5.41, 5.74) is 11.8. The summed E-state index contributed by atoms with van der Waals surface area (Å²) in [5.74, 6) is 2.30. The van der Waals surface area contributed by atoms with Crippen LogP contribution < -0.4 is 0 Å². The summed E-state index contributed by atoms with van der Waals surface area (Å²) in [4.78, 5) is 15.3. The Balaban J connectivity index is 1.16. The third-order valence-corrected chi connectivity index (χ3v) is 10.4. The smallest absolute Gasteiger partial charge is 0.164 e. The van der Waals surface area contributed by atoms with Gasteiger partial charge in [0.2, 0.25) is 0 Å². The Hall–Kier alpha value is -6.65. The van der Waals surface area contributed by atoms with E-state index in [-0.39, 0.29) is 0 Å². The van der Waals surface area contributed by atoms with Crippen molar-refractivity contribution in [2.45, 2.75) is 19.3 Å². The molecule has 9 aromatic rings. The van der Waals surface area contributed by atoms with Gasteiger partial charge in [0.1, 0.15) is 11.2 Å². The first kappa shape index (κ1) is 30.2. The van der Waals surface area contributed by atoms with Gasteiger partial charge in [0.05, 0.1) is 0 Å². The second-order valence-electron chi connectivity index (χ2n) is 13.6. The molecule has 0 amide bonds. The Labute approximate surface area is 301 Å². The molecule has 1 unspecified atom stereocenters. The van der Waals surface area contributed by atoms with Gasteiger partial charge in [-0.1, -0.05) is 146 Å². The molecule has 0 fully saturated rings. The van der Waals surface area contributed by atoms with Crippen molar-refractivity contribution in [1.29, 1.82) is 0 Å². The van der Waals surface area contributed by atoms with E-state index in [0.717, 1.165) is 56.2 Å². The van der Waals surface area contributed by atoms with Crippen LogP contribution in [0, 0.1) is 0 Å². The van der Waals surface area contributed by atoms with Crippen molar-refractivity contribution in [2.24, 2.45) is 0 Å². The van der Waals surface area contributed by atoms with Crippen molar-refractivity contribution in [3.8, 4) is 56.4 Å².